The van der Waals surface area contributed by atoms with Crippen LogP contribution in [0, 0.1) is 5.92 Å². The molecule has 1 aromatic heterocycles. The van der Waals surface area contributed by atoms with Gasteiger partial charge >= 0.3 is 5.97 Å². The van der Waals surface area contributed by atoms with Gasteiger partial charge in [-0.3, -0.25) is 19.6 Å². The van der Waals surface area contributed by atoms with E-state index in [0.29, 0.717) is 6.54 Å². The van der Waals surface area contributed by atoms with Crippen LogP contribution in [0.1, 0.15) is 26.0 Å². The topological polar surface area (TPSA) is 74.8 Å². The summed E-state index contributed by atoms with van der Waals surface area (Å²) >= 11 is 0. The van der Waals surface area contributed by atoms with Crippen molar-refractivity contribution in [2.24, 2.45) is 5.92 Å². The number of pyridine rings is 1. The van der Waals surface area contributed by atoms with Gasteiger partial charge in [-0.1, -0.05) is 26.3 Å². The average Bonchev–Trinajstić information content (AvgIpc) is 2.67. The van der Waals surface area contributed by atoms with Crippen LogP contribution in [0.3, 0.4) is 0 Å². The summed E-state index contributed by atoms with van der Waals surface area (Å²) in [5.74, 6) is -0.464. The van der Waals surface area contributed by atoms with Gasteiger partial charge in [0.1, 0.15) is 6.04 Å². The van der Waals surface area contributed by atoms with Crippen LogP contribution in [0.15, 0.2) is 24.4 Å². The normalized spacial score (nSPS) is 18.1. The van der Waals surface area contributed by atoms with Gasteiger partial charge in [-0.2, -0.15) is 0 Å². The highest BCUT2D eigenvalue weighted by atomic mass is 16.5. The van der Waals surface area contributed by atoms with Crippen molar-refractivity contribution < 1.29 is 14.3 Å². The third-order valence-electron chi connectivity index (χ3n) is 4.93. The highest BCUT2D eigenvalue weighted by molar-refractivity contribution is 5.85. The minimum atomic E-state index is -0.581. The fourth-order valence-corrected chi connectivity index (χ4v) is 3.04. The van der Waals surface area contributed by atoms with E-state index >= 15 is 0 Å². The number of ether oxygens (including phenoxy) is 1. The van der Waals surface area contributed by atoms with Crippen molar-refractivity contribution in [3.8, 4) is 0 Å². The molecule has 1 amide bonds. The van der Waals surface area contributed by atoms with Crippen molar-refractivity contribution in [1.82, 2.24) is 20.1 Å². The first-order valence-corrected chi connectivity index (χ1v) is 9.25. The van der Waals surface area contributed by atoms with Crippen LogP contribution >= 0.6 is 0 Å². The van der Waals surface area contributed by atoms with Crippen molar-refractivity contribution in [2.45, 2.75) is 32.9 Å². The van der Waals surface area contributed by atoms with Gasteiger partial charge in [0, 0.05) is 38.9 Å². The fourth-order valence-electron chi connectivity index (χ4n) is 3.04. The zero-order valence-electron chi connectivity index (χ0n) is 16.0. The van der Waals surface area contributed by atoms with E-state index in [2.05, 4.69) is 20.1 Å². The zero-order valence-corrected chi connectivity index (χ0v) is 16.0. The van der Waals surface area contributed by atoms with Gasteiger partial charge in [-0.05, 0) is 18.1 Å². The van der Waals surface area contributed by atoms with Crippen molar-refractivity contribution >= 4 is 11.9 Å². The molecule has 1 aliphatic heterocycles. The van der Waals surface area contributed by atoms with Crippen LogP contribution in [0.2, 0.25) is 0 Å². The molecule has 1 aliphatic rings. The summed E-state index contributed by atoms with van der Waals surface area (Å²) in [6, 6.07) is 5.36. The second kappa shape index (κ2) is 10.2. The Hall–Kier alpha value is -1.99. The number of rotatable bonds is 8. The van der Waals surface area contributed by atoms with Gasteiger partial charge in [-0.25, -0.2) is 4.79 Å². The van der Waals surface area contributed by atoms with E-state index in [1.165, 1.54) is 7.11 Å². The summed E-state index contributed by atoms with van der Waals surface area (Å²) in [7, 11) is 1.35. The first kappa shape index (κ1) is 20.3. The molecule has 2 rings (SSSR count). The molecule has 0 bridgehead atoms. The number of carbonyl (C=O) groups excluding carboxylic acids is 2. The lowest BCUT2D eigenvalue weighted by Crippen LogP contribution is -2.52. The number of amides is 1. The van der Waals surface area contributed by atoms with Crippen molar-refractivity contribution in [1.29, 1.82) is 0 Å². The number of nitrogens with zero attached hydrogens (tertiary/aromatic N) is 3. The Morgan fingerprint density at radius 3 is 2.50 bits per heavy atom. The van der Waals surface area contributed by atoms with E-state index in [1.54, 1.807) is 0 Å². The average molecular weight is 362 g/mol. The van der Waals surface area contributed by atoms with Crippen LogP contribution in [0.4, 0.5) is 0 Å². The Morgan fingerprint density at radius 2 is 1.92 bits per heavy atom. The van der Waals surface area contributed by atoms with Crippen molar-refractivity contribution in [2.75, 3.05) is 39.8 Å². The van der Waals surface area contributed by atoms with Crippen molar-refractivity contribution in [3.63, 3.8) is 0 Å². The molecule has 0 saturated carbocycles. The lowest BCUT2D eigenvalue weighted by atomic mass is 9.99. The van der Waals surface area contributed by atoms with Crippen LogP contribution in [-0.2, 0) is 20.9 Å². The fraction of sp³-hybridized carbons (Fsp3) is 0.632. The van der Waals surface area contributed by atoms with Crippen LogP contribution in [0.25, 0.3) is 0 Å². The number of methoxy groups -OCH3 is 1. The maximum Gasteiger partial charge on any atom is 0.328 e. The molecule has 7 heteroatoms. The smallest absolute Gasteiger partial charge is 0.328 e. The number of hydrogen-bond donors (Lipinski definition) is 1. The van der Waals surface area contributed by atoms with Crippen LogP contribution < -0.4 is 5.32 Å². The van der Waals surface area contributed by atoms with Gasteiger partial charge in [0.15, 0.2) is 0 Å². The minimum absolute atomic E-state index is 0.0432. The van der Waals surface area contributed by atoms with Gasteiger partial charge in [0.2, 0.25) is 5.91 Å². The monoisotopic (exact) mass is 362 g/mol. The molecule has 1 fully saturated rings. The third kappa shape index (κ3) is 6.07. The van der Waals surface area contributed by atoms with E-state index in [4.69, 9.17) is 4.74 Å². The van der Waals surface area contributed by atoms with Crippen LogP contribution in [0.5, 0.6) is 0 Å². The highest BCUT2D eigenvalue weighted by Gasteiger charge is 2.27. The second-order valence-electron chi connectivity index (χ2n) is 6.83. The number of carbonyl (C=O) groups is 2. The quantitative estimate of drug-likeness (QED) is 0.693. The molecule has 1 N–H and O–H groups in total. The van der Waals surface area contributed by atoms with Gasteiger partial charge in [0.05, 0.1) is 19.3 Å². The molecule has 0 radical (unpaired) electrons. The predicted octanol–water partition coefficient (Wildman–Crippen LogP) is 0.903. The number of hydrogen-bond acceptors (Lipinski definition) is 6. The first-order valence-electron chi connectivity index (χ1n) is 9.25. The molecule has 2 atom stereocenters. The molecule has 1 aromatic rings. The van der Waals surface area contributed by atoms with Gasteiger partial charge < -0.3 is 10.1 Å². The largest absolute Gasteiger partial charge is 0.467 e. The Labute approximate surface area is 155 Å². The molecule has 144 valence electrons. The number of esters is 1. The molecule has 7 nitrogen and oxygen atoms in total. The lowest BCUT2D eigenvalue weighted by molar-refractivity contribution is -0.146. The Kier molecular flexibility index (Phi) is 8.00. The number of aromatic nitrogens is 1. The van der Waals surface area contributed by atoms with Crippen LogP contribution in [-0.4, -0.2) is 72.5 Å². The molecule has 2 heterocycles. The molecule has 0 aliphatic carbocycles. The van der Waals surface area contributed by atoms with E-state index in [9.17, 15) is 9.59 Å². The molecule has 1 saturated heterocycles. The molecule has 2 unspecified atom stereocenters. The summed E-state index contributed by atoms with van der Waals surface area (Å²) in [5, 5.41) is 2.84. The maximum absolute atomic E-state index is 12.4. The van der Waals surface area contributed by atoms with E-state index in [0.717, 1.165) is 44.8 Å². The van der Waals surface area contributed by atoms with Gasteiger partial charge in [0.25, 0.3) is 0 Å². The van der Waals surface area contributed by atoms with E-state index < -0.39 is 6.04 Å². The minimum Gasteiger partial charge on any atom is -0.467 e. The first-order chi connectivity index (χ1) is 12.5. The Bertz CT molecular complexity index is 573. The SMILES string of the molecule is CCC(C)C(NC(=O)CN1CCN(Cc2ccccn2)CC1)C(=O)OC. The molecular weight excluding hydrogens is 332 g/mol. The summed E-state index contributed by atoms with van der Waals surface area (Å²) in [6.45, 7) is 8.52. The van der Waals surface area contributed by atoms with Gasteiger partial charge in [-0.15, -0.1) is 0 Å². The Morgan fingerprint density at radius 1 is 1.23 bits per heavy atom. The maximum atomic E-state index is 12.4. The highest BCUT2D eigenvalue weighted by Crippen LogP contribution is 2.10. The summed E-state index contributed by atoms with van der Waals surface area (Å²) in [6.07, 6.45) is 2.61. The Balaban J connectivity index is 1.77. The van der Waals surface area contributed by atoms with E-state index in [1.807, 2.05) is 38.2 Å². The lowest BCUT2D eigenvalue weighted by Gasteiger charge is -2.34. The number of nitrogens with one attached hydrogen (secondary N) is 1. The predicted molar refractivity (Wildman–Crippen MR) is 99.4 cm³/mol. The van der Waals surface area contributed by atoms with E-state index in [-0.39, 0.29) is 17.8 Å². The molecule has 26 heavy (non-hydrogen) atoms. The second-order valence-corrected chi connectivity index (χ2v) is 6.83. The molecular formula is C19H30N4O3. The standard InChI is InChI=1S/C19H30N4O3/c1-4-15(2)18(19(25)26-3)21-17(24)14-23-11-9-22(10-12-23)13-16-7-5-6-8-20-16/h5-8,15,18H,4,9-14H2,1-3H3,(H,21,24). The summed E-state index contributed by atoms with van der Waals surface area (Å²) < 4.78 is 4.82. The third-order valence-corrected chi connectivity index (χ3v) is 4.93. The van der Waals surface area contributed by atoms with Crippen molar-refractivity contribution in [3.05, 3.63) is 30.1 Å². The summed E-state index contributed by atoms with van der Waals surface area (Å²) in [4.78, 5) is 33.1. The summed E-state index contributed by atoms with van der Waals surface area (Å²) in [5.41, 5.74) is 1.06. The molecule has 0 aromatic carbocycles. The zero-order chi connectivity index (χ0) is 18.9. The number of piperazine rings is 1. The molecule has 0 spiro atoms.